The normalized spacial score (nSPS) is 11.7. The van der Waals surface area contributed by atoms with Gasteiger partial charge < -0.3 is 10.2 Å². The molecule has 0 aromatic heterocycles. The SMILES string of the molecule is CCNC(=O)C(C)N(Cc1ccc(Cl)cc1)C(=O)CSCc1ccccc1F. The molecule has 150 valence electrons. The molecule has 1 unspecified atom stereocenters. The second-order valence-electron chi connectivity index (χ2n) is 6.30. The maximum absolute atomic E-state index is 13.7. The molecule has 7 heteroatoms. The molecule has 0 aliphatic heterocycles. The summed E-state index contributed by atoms with van der Waals surface area (Å²) in [5.41, 5.74) is 1.44. The first kappa shape index (κ1) is 22.2. The van der Waals surface area contributed by atoms with Gasteiger partial charge in [0.05, 0.1) is 5.75 Å². The van der Waals surface area contributed by atoms with Gasteiger partial charge in [0.25, 0.3) is 0 Å². The first-order valence-corrected chi connectivity index (χ1v) is 10.6. The Morgan fingerprint density at radius 2 is 1.86 bits per heavy atom. The summed E-state index contributed by atoms with van der Waals surface area (Å²) in [4.78, 5) is 26.7. The lowest BCUT2D eigenvalue weighted by atomic mass is 10.1. The van der Waals surface area contributed by atoms with Crippen molar-refractivity contribution in [1.82, 2.24) is 10.2 Å². The Labute approximate surface area is 174 Å². The minimum Gasteiger partial charge on any atom is -0.355 e. The molecule has 0 saturated carbocycles. The van der Waals surface area contributed by atoms with Crippen LogP contribution in [0.3, 0.4) is 0 Å². The molecular formula is C21H24ClFN2O2S. The molecule has 1 atom stereocenters. The van der Waals surface area contributed by atoms with E-state index in [2.05, 4.69) is 5.32 Å². The van der Waals surface area contributed by atoms with Gasteiger partial charge in [-0.1, -0.05) is 41.9 Å². The number of carbonyl (C=O) groups excluding carboxylic acids is 2. The van der Waals surface area contributed by atoms with Crippen molar-refractivity contribution in [2.45, 2.75) is 32.2 Å². The summed E-state index contributed by atoms with van der Waals surface area (Å²) in [6, 6.07) is 13.1. The Morgan fingerprint density at radius 1 is 1.18 bits per heavy atom. The van der Waals surface area contributed by atoms with E-state index >= 15 is 0 Å². The summed E-state index contributed by atoms with van der Waals surface area (Å²) < 4.78 is 13.7. The predicted molar refractivity (Wildman–Crippen MR) is 113 cm³/mol. The summed E-state index contributed by atoms with van der Waals surface area (Å²) in [7, 11) is 0. The fourth-order valence-electron chi connectivity index (χ4n) is 2.64. The summed E-state index contributed by atoms with van der Waals surface area (Å²) in [5, 5.41) is 3.36. The third-order valence-corrected chi connectivity index (χ3v) is 5.44. The van der Waals surface area contributed by atoms with Crippen molar-refractivity contribution in [3.63, 3.8) is 0 Å². The number of rotatable bonds is 9. The zero-order valence-electron chi connectivity index (χ0n) is 16.0. The topological polar surface area (TPSA) is 49.4 Å². The van der Waals surface area contributed by atoms with Gasteiger partial charge >= 0.3 is 0 Å². The van der Waals surface area contributed by atoms with E-state index in [9.17, 15) is 14.0 Å². The number of nitrogens with zero attached hydrogens (tertiary/aromatic N) is 1. The van der Waals surface area contributed by atoms with Crippen LogP contribution in [0.5, 0.6) is 0 Å². The highest BCUT2D eigenvalue weighted by Gasteiger charge is 2.25. The van der Waals surface area contributed by atoms with Gasteiger partial charge in [0, 0.05) is 23.9 Å². The summed E-state index contributed by atoms with van der Waals surface area (Å²) >= 11 is 7.25. The van der Waals surface area contributed by atoms with Crippen LogP contribution in [0.25, 0.3) is 0 Å². The quantitative estimate of drug-likeness (QED) is 0.656. The van der Waals surface area contributed by atoms with Crippen LogP contribution in [-0.2, 0) is 21.9 Å². The highest BCUT2D eigenvalue weighted by Crippen LogP contribution is 2.18. The van der Waals surface area contributed by atoms with Gasteiger partial charge in [-0.25, -0.2) is 4.39 Å². The molecule has 0 saturated heterocycles. The second-order valence-corrected chi connectivity index (χ2v) is 7.72. The first-order valence-electron chi connectivity index (χ1n) is 9.05. The van der Waals surface area contributed by atoms with Gasteiger partial charge in [0.15, 0.2) is 0 Å². The van der Waals surface area contributed by atoms with Gasteiger partial charge in [-0.15, -0.1) is 11.8 Å². The van der Waals surface area contributed by atoms with Crippen molar-refractivity contribution < 1.29 is 14.0 Å². The molecule has 2 amide bonds. The number of hydrogen-bond donors (Lipinski definition) is 1. The molecule has 0 aliphatic rings. The molecule has 2 aromatic carbocycles. The number of likely N-dealkylation sites (N-methyl/N-ethyl adjacent to an activating group) is 1. The third kappa shape index (κ3) is 6.53. The lowest BCUT2D eigenvalue weighted by molar-refractivity contribution is -0.138. The van der Waals surface area contributed by atoms with E-state index in [0.717, 1.165) is 5.56 Å². The van der Waals surface area contributed by atoms with Crippen molar-refractivity contribution in [3.05, 3.63) is 70.5 Å². The number of thioether (sulfide) groups is 1. The first-order chi connectivity index (χ1) is 13.4. The Balaban J connectivity index is 2.05. The molecule has 0 radical (unpaired) electrons. The van der Waals surface area contributed by atoms with E-state index in [1.807, 2.05) is 19.1 Å². The summed E-state index contributed by atoms with van der Waals surface area (Å²) in [6.07, 6.45) is 0. The smallest absolute Gasteiger partial charge is 0.242 e. The number of halogens is 2. The average Bonchev–Trinajstić information content (AvgIpc) is 2.68. The molecule has 1 N–H and O–H groups in total. The minimum absolute atomic E-state index is 0.158. The van der Waals surface area contributed by atoms with E-state index < -0.39 is 6.04 Å². The van der Waals surface area contributed by atoms with Gasteiger partial charge in [-0.3, -0.25) is 9.59 Å². The zero-order valence-corrected chi connectivity index (χ0v) is 17.5. The van der Waals surface area contributed by atoms with Gasteiger partial charge in [0.1, 0.15) is 11.9 Å². The number of carbonyl (C=O) groups is 2. The Hall–Kier alpha value is -2.05. The van der Waals surface area contributed by atoms with E-state index in [-0.39, 0.29) is 23.4 Å². The van der Waals surface area contributed by atoms with Crippen LogP contribution in [0, 0.1) is 5.82 Å². The van der Waals surface area contributed by atoms with Crippen molar-refractivity contribution in [2.24, 2.45) is 0 Å². The lowest BCUT2D eigenvalue weighted by Crippen LogP contribution is -2.48. The monoisotopic (exact) mass is 422 g/mol. The molecule has 4 nitrogen and oxygen atoms in total. The molecular weight excluding hydrogens is 399 g/mol. The summed E-state index contributed by atoms with van der Waals surface area (Å²) in [6.45, 7) is 4.34. The fraction of sp³-hybridized carbons (Fsp3) is 0.333. The van der Waals surface area contributed by atoms with Crippen LogP contribution >= 0.6 is 23.4 Å². The zero-order chi connectivity index (χ0) is 20.5. The standard InChI is InChI=1S/C21H24ClFN2O2S/c1-3-24-21(27)15(2)25(12-16-8-10-18(22)11-9-16)20(26)14-28-13-17-6-4-5-7-19(17)23/h4-11,15H,3,12-14H2,1-2H3,(H,24,27). The van der Waals surface area contributed by atoms with Crippen LogP contribution in [0.15, 0.2) is 48.5 Å². The van der Waals surface area contributed by atoms with E-state index in [4.69, 9.17) is 11.6 Å². The maximum Gasteiger partial charge on any atom is 0.242 e. The predicted octanol–water partition coefficient (Wildman–Crippen LogP) is 4.27. The molecule has 0 spiro atoms. The number of amides is 2. The molecule has 2 aromatic rings. The van der Waals surface area contributed by atoms with Gasteiger partial charge in [-0.2, -0.15) is 0 Å². The highest BCUT2D eigenvalue weighted by molar-refractivity contribution is 7.99. The summed E-state index contributed by atoms with van der Waals surface area (Å²) in [5.74, 6) is -0.107. The molecule has 0 aliphatic carbocycles. The maximum atomic E-state index is 13.7. The lowest BCUT2D eigenvalue weighted by Gasteiger charge is -2.28. The Bertz CT molecular complexity index is 801. The van der Waals surface area contributed by atoms with Gasteiger partial charge in [-0.05, 0) is 43.2 Å². The minimum atomic E-state index is -0.614. The van der Waals surface area contributed by atoms with Crippen molar-refractivity contribution >= 4 is 35.2 Å². The van der Waals surface area contributed by atoms with Crippen LogP contribution in [0.1, 0.15) is 25.0 Å². The fourth-order valence-corrected chi connectivity index (χ4v) is 3.66. The van der Waals surface area contributed by atoms with Crippen LogP contribution in [-0.4, -0.2) is 35.1 Å². The van der Waals surface area contributed by atoms with E-state index in [1.165, 1.54) is 17.8 Å². The van der Waals surface area contributed by atoms with Crippen molar-refractivity contribution in [3.8, 4) is 0 Å². The van der Waals surface area contributed by atoms with Crippen LogP contribution in [0.4, 0.5) is 4.39 Å². The largest absolute Gasteiger partial charge is 0.355 e. The Morgan fingerprint density at radius 3 is 2.50 bits per heavy atom. The number of benzene rings is 2. The van der Waals surface area contributed by atoms with E-state index in [1.54, 1.807) is 42.2 Å². The molecule has 2 rings (SSSR count). The molecule has 0 bridgehead atoms. The molecule has 28 heavy (non-hydrogen) atoms. The van der Waals surface area contributed by atoms with Crippen molar-refractivity contribution in [1.29, 1.82) is 0 Å². The molecule has 0 fully saturated rings. The highest BCUT2D eigenvalue weighted by atomic mass is 35.5. The van der Waals surface area contributed by atoms with E-state index in [0.29, 0.717) is 29.4 Å². The third-order valence-electron chi connectivity index (χ3n) is 4.23. The Kier molecular flexibility index (Phi) is 8.80. The molecule has 0 heterocycles. The van der Waals surface area contributed by atoms with Gasteiger partial charge in [0.2, 0.25) is 11.8 Å². The van der Waals surface area contributed by atoms with Crippen LogP contribution in [0.2, 0.25) is 5.02 Å². The average molecular weight is 423 g/mol. The number of nitrogens with one attached hydrogen (secondary N) is 1. The van der Waals surface area contributed by atoms with Crippen molar-refractivity contribution in [2.75, 3.05) is 12.3 Å². The second kappa shape index (κ2) is 11.1. The number of hydrogen-bond acceptors (Lipinski definition) is 3. The van der Waals surface area contributed by atoms with Crippen LogP contribution < -0.4 is 5.32 Å².